The first-order valence-corrected chi connectivity index (χ1v) is 7.13. The average Bonchev–Trinajstić information content (AvgIpc) is 2.51. The fraction of sp³-hybridized carbons (Fsp3) is 0.235. The van der Waals surface area contributed by atoms with Crippen molar-refractivity contribution in [2.24, 2.45) is 0 Å². The molecule has 0 aliphatic rings. The van der Waals surface area contributed by atoms with Crippen molar-refractivity contribution in [1.29, 1.82) is 0 Å². The van der Waals surface area contributed by atoms with E-state index in [0.717, 1.165) is 5.56 Å². The third-order valence-corrected chi connectivity index (χ3v) is 3.22. The number of anilines is 1. The monoisotopic (exact) mass is 285 g/mol. The molecule has 0 aliphatic heterocycles. The van der Waals surface area contributed by atoms with Crippen molar-refractivity contribution in [2.45, 2.75) is 13.0 Å². The van der Waals surface area contributed by atoms with Crippen LogP contribution in [0.4, 0.5) is 5.69 Å². The molecule has 2 aromatic rings. The second-order valence-corrected chi connectivity index (χ2v) is 4.64. The zero-order chi connectivity index (χ0) is 15.1. The molecule has 0 bridgehead atoms. The molecule has 0 saturated carbocycles. The third kappa shape index (κ3) is 3.83. The zero-order valence-corrected chi connectivity index (χ0v) is 12.4. The molecule has 0 radical (unpaired) electrons. The predicted octanol–water partition coefficient (Wildman–Crippen LogP) is 1.96. The number of ether oxygens (including phenoxy) is 1. The quantitative estimate of drug-likeness (QED) is 0.852. The minimum absolute atomic E-state index is 0.0594. The molecule has 2 rings (SSSR count). The molecule has 21 heavy (non-hydrogen) atoms. The van der Waals surface area contributed by atoms with E-state index in [2.05, 4.69) is 5.32 Å². The van der Waals surface area contributed by atoms with Crippen molar-refractivity contribution in [3.63, 3.8) is 0 Å². The van der Waals surface area contributed by atoms with Crippen LogP contribution >= 0.6 is 0 Å². The number of carbonyl (C=O) groups is 1. The normalized spacial score (nSPS) is 11.7. The Morgan fingerprint density at radius 2 is 1.81 bits per heavy atom. The summed E-state index contributed by atoms with van der Waals surface area (Å²) in [5, 5.41) is 4.85. The van der Waals surface area contributed by atoms with Gasteiger partial charge < -0.3 is 15.4 Å². The molecule has 110 valence electrons. The van der Waals surface area contributed by atoms with E-state index in [4.69, 9.17) is 4.74 Å². The van der Waals surface area contributed by atoms with Crippen LogP contribution in [0.5, 0.6) is 5.75 Å². The number of benzene rings is 2. The molecule has 1 atom stereocenters. The first-order chi connectivity index (χ1) is 10.3. The van der Waals surface area contributed by atoms with Crippen LogP contribution in [0.1, 0.15) is 18.5 Å². The Labute approximate surface area is 125 Å². The van der Waals surface area contributed by atoms with Crippen LogP contribution in [-0.4, -0.2) is 19.6 Å². The summed E-state index contributed by atoms with van der Waals surface area (Å²) >= 11 is 0. The van der Waals surface area contributed by atoms with Crippen LogP contribution in [0.15, 0.2) is 54.6 Å². The van der Waals surface area contributed by atoms with Crippen LogP contribution < -0.4 is 15.4 Å². The van der Waals surface area contributed by atoms with Gasteiger partial charge in [-0.2, -0.15) is 0 Å². The zero-order valence-electron chi connectivity index (χ0n) is 12.4. The Morgan fingerprint density at radius 1 is 1.14 bits per heavy atom. The fourth-order valence-corrected chi connectivity index (χ4v) is 2.22. The maximum atomic E-state index is 12.5. The average molecular weight is 285 g/mol. The molecule has 4 heteroatoms. The second-order valence-electron chi connectivity index (χ2n) is 4.64. The molecule has 0 unspecified atom stereocenters. The van der Waals surface area contributed by atoms with Crippen LogP contribution in [0.3, 0.4) is 0 Å². The van der Waals surface area contributed by atoms with Crippen molar-refractivity contribution in [3.05, 3.63) is 60.2 Å². The summed E-state index contributed by atoms with van der Waals surface area (Å²) in [6.45, 7) is 2.49. The molecule has 0 spiro atoms. The molecule has 0 heterocycles. The van der Waals surface area contributed by atoms with Gasteiger partial charge in [-0.05, 0) is 19.1 Å². The lowest BCUT2D eigenvalue weighted by molar-refractivity contribution is -0.656. The standard InChI is InChI=1S/C17H20N2O2/c1-3-21-15-12-8-7-11-14(15)19-17(20)16(18-2)13-9-5-4-6-10-13/h4-12,16,18H,3H2,1-2H3,(H,19,20)/p+1/t16-/m1/s1. The first kappa shape index (κ1) is 15.1. The Balaban J connectivity index is 2.17. The molecule has 0 aliphatic carbocycles. The Kier molecular flexibility index (Phi) is 5.35. The van der Waals surface area contributed by atoms with Crippen LogP contribution in [0, 0.1) is 0 Å². The number of rotatable bonds is 6. The minimum atomic E-state index is -0.277. The number of nitrogens with two attached hydrogens (primary N) is 1. The van der Waals surface area contributed by atoms with Gasteiger partial charge in [-0.15, -0.1) is 0 Å². The molecule has 3 N–H and O–H groups in total. The summed E-state index contributed by atoms with van der Waals surface area (Å²) in [6.07, 6.45) is 0. The predicted molar refractivity (Wildman–Crippen MR) is 83.3 cm³/mol. The Morgan fingerprint density at radius 3 is 2.48 bits per heavy atom. The molecule has 2 aromatic carbocycles. The van der Waals surface area contributed by atoms with Gasteiger partial charge in [0.25, 0.3) is 5.91 Å². The van der Waals surface area contributed by atoms with Gasteiger partial charge in [0.15, 0.2) is 6.04 Å². The van der Waals surface area contributed by atoms with E-state index >= 15 is 0 Å². The number of amides is 1. The largest absolute Gasteiger partial charge is 0.492 e. The van der Waals surface area contributed by atoms with Gasteiger partial charge in [-0.1, -0.05) is 42.5 Å². The van der Waals surface area contributed by atoms with E-state index in [0.29, 0.717) is 18.0 Å². The van der Waals surface area contributed by atoms with Gasteiger partial charge in [0.2, 0.25) is 0 Å². The van der Waals surface area contributed by atoms with Crippen molar-refractivity contribution < 1.29 is 14.8 Å². The van der Waals surface area contributed by atoms with Gasteiger partial charge in [-0.3, -0.25) is 4.79 Å². The number of para-hydroxylation sites is 2. The molecule has 4 nitrogen and oxygen atoms in total. The highest BCUT2D eigenvalue weighted by molar-refractivity contribution is 5.95. The van der Waals surface area contributed by atoms with Crippen LogP contribution in [0.25, 0.3) is 0 Å². The minimum Gasteiger partial charge on any atom is -0.492 e. The maximum absolute atomic E-state index is 12.5. The summed E-state index contributed by atoms with van der Waals surface area (Å²) < 4.78 is 5.53. The van der Waals surface area contributed by atoms with E-state index in [9.17, 15) is 4.79 Å². The number of nitrogens with one attached hydrogen (secondary N) is 1. The number of quaternary nitrogens is 1. The summed E-state index contributed by atoms with van der Waals surface area (Å²) in [5.41, 5.74) is 1.68. The van der Waals surface area contributed by atoms with Crippen molar-refractivity contribution in [1.82, 2.24) is 0 Å². The highest BCUT2D eigenvalue weighted by Crippen LogP contribution is 2.24. The van der Waals surface area contributed by atoms with E-state index in [1.807, 2.05) is 73.9 Å². The van der Waals surface area contributed by atoms with Gasteiger partial charge in [0.1, 0.15) is 5.75 Å². The summed E-state index contributed by atoms with van der Waals surface area (Å²) in [6, 6.07) is 16.9. The number of hydrogen-bond donors (Lipinski definition) is 2. The Hall–Kier alpha value is -2.33. The van der Waals surface area contributed by atoms with E-state index in [1.54, 1.807) is 0 Å². The third-order valence-electron chi connectivity index (χ3n) is 3.22. The molecule has 1 amide bonds. The number of hydrogen-bond acceptors (Lipinski definition) is 2. The smallest absolute Gasteiger partial charge is 0.287 e. The molecular weight excluding hydrogens is 264 g/mol. The topological polar surface area (TPSA) is 54.9 Å². The summed E-state index contributed by atoms with van der Waals surface area (Å²) in [7, 11) is 1.89. The van der Waals surface area contributed by atoms with Crippen molar-refractivity contribution >= 4 is 11.6 Å². The number of carbonyl (C=O) groups excluding carboxylic acids is 1. The Bertz CT molecular complexity index is 584. The highest BCUT2D eigenvalue weighted by Gasteiger charge is 2.23. The second kappa shape index (κ2) is 7.45. The van der Waals surface area contributed by atoms with Gasteiger partial charge >= 0.3 is 0 Å². The number of likely N-dealkylation sites (N-methyl/N-ethyl adjacent to an activating group) is 1. The van der Waals surface area contributed by atoms with Crippen LogP contribution in [0.2, 0.25) is 0 Å². The summed E-state index contributed by atoms with van der Waals surface area (Å²) in [4.78, 5) is 12.5. The van der Waals surface area contributed by atoms with Gasteiger partial charge in [0, 0.05) is 5.56 Å². The van der Waals surface area contributed by atoms with Crippen LogP contribution in [-0.2, 0) is 4.79 Å². The van der Waals surface area contributed by atoms with E-state index in [1.165, 1.54) is 0 Å². The van der Waals surface area contributed by atoms with E-state index in [-0.39, 0.29) is 11.9 Å². The van der Waals surface area contributed by atoms with Crippen molar-refractivity contribution in [3.8, 4) is 5.75 Å². The highest BCUT2D eigenvalue weighted by atomic mass is 16.5. The SMILES string of the molecule is CCOc1ccccc1NC(=O)[C@H]([NH2+]C)c1ccccc1. The summed E-state index contributed by atoms with van der Waals surface area (Å²) in [5.74, 6) is 0.632. The maximum Gasteiger partial charge on any atom is 0.287 e. The lowest BCUT2D eigenvalue weighted by atomic mass is 10.1. The molecule has 0 saturated heterocycles. The van der Waals surface area contributed by atoms with E-state index < -0.39 is 0 Å². The van der Waals surface area contributed by atoms with Gasteiger partial charge in [-0.25, -0.2) is 0 Å². The lowest BCUT2D eigenvalue weighted by Crippen LogP contribution is -2.83. The first-order valence-electron chi connectivity index (χ1n) is 7.13. The molecule has 0 aromatic heterocycles. The fourth-order valence-electron chi connectivity index (χ4n) is 2.22. The van der Waals surface area contributed by atoms with Crippen molar-refractivity contribution in [2.75, 3.05) is 19.0 Å². The molecular formula is C17H21N2O2+. The van der Waals surface area contributed by atoms with Gasteiger partial charge in [0.05, 0.1) is 19.3 Å². The lowest BCUT2D eigenvalue weighted by Gasteiger charge is -2.15. The molecule has 0 fully saturated rings.